The molecule has 0 unspecified atom stereocenters. The van der Waals surface area contributed by atoms with E-state index in [1.54, 1.807) is 11.8 Å². The molecule has 4 nitrogen and oxygen atoms in total. The molecule has 1 aromatic carbocycles. The summed E-state index contributed by atoms with van der Waals surface area (Å²) < 4.78 is 0. The van der Waals surface area contributed by atoms with E-state index in [4.69, 9.17) is 17.3 Å². The molecule has 0 saturated carbocycles. The first kappa shape index (κ1) is 18.2. The Morgan fingerprint density at radius 2 is 1.65 bits per heavy atom. The van der Waals surface area contributed by atoms with Gasteiger partial charge >= 0.3 is 0 Å². The first-order valence-electron chi connectivity index (χ1n) is 8.02. The zero-order valence-corrected chi connectivity index (χ0v) is 15.0. The average molecular weight is 351 g/mol. The summed E-state index contributed by atoms with van der Waals surface area (Å²) in [6.07, 6.45) is 4.85. The molecule has 2 aromatic rings. The molecule has 23 heavy (non-hydrogen) atoms. The summed E-state index contributed by atoms with van der Waals surface area (Å²) in [5.41, 5.74) is 6.80. The predicted octanol–water partition coefficient (Wildman–Crippen LogP) is 4.05. The number of unbranched alkanes of at least 4 members (excludes halogenated alkanes) is 1. The Morgan fingerprint density at radius 1 is 1.00 bits per heavy atom. The van der Waals surface area contributed by atoms with Gasteiger partial charge in [-0.1, -0.05) is 48.8 Å². The molecule has 2 rings (SSSR count). The van der Waals surface area contributed by atoms with Crippen LogP contribution in [0.25, 0.3) is 0 Å². The maximum Gasteiger partial charge on any atom is 0.191 e. The molecule has 0 amide bonds. The van der Waals surface area contributed by atoms with Gasteiger partial charge in [-0.2, -0.15) is 0 Å². The summed E-state index contributed by atoms with van der Waals surface area (Å²) in [5.74, 6) is 2.58. The highest BCUT2D eigenvalue weighted by Crippen LogP contribution is 2.21. The van der Waals surface area contributed by atoms with Crippen molar-refractivity contribution in [2.45, 2.75) is 49.9 Å². The first-order valence-corrected chi connectivity index (χ1v) is 9.38. The minimum Gasteiger partial charge on any atom is -0.330 e. The van der Waals surface area contributed by atoms with Crippen LogP contribution >= 0.6 is 23.4 Å². The zero-order valence-electron chi connectivity index (χ0n) is 13.5. The lowest BCUT2D eigenvalue weighted by Gasteiger charge is -2.07. The van der Waals surface area contributed by atoms with Gasteiger partial charge in [0.15, 0.2) is 5.16 Å². The molecule has 0 saturated heterocycles. The zero-order chi connectivity index (χ0) is 16.5. The van der Waals surface area contributed by atoms with Gasteiger partial charge in [-0.05, 0) is 37.1 Å². The van der Waals surface area contributed by atoms with Crippen LogP contribution in [0.4, 0.5) is 0 Å². The molecular formula is C17H23ClN4S. The fourth-order valence-electron chi connectivity index (χ4n) is 2.06. The normalized spacial score (nSPS) is 10.9. The molecule has 0 spiro atoms. The smallest absolute Gasteiger partial charge is 0.191 e. The summed E-state index contributed by atoms with van der Waals surface area (Å²) in [5, 5.41) is 1.55. The van der Waals surface area contributed by atoms with Crippen LogP contribution in [0.15, 0.2) is 29.4 Å². The van der Waals surface area contributed by atoms with Crippen molar-refractivity contribution in [2.24, 2.45) is 5.73 Å². The van der Waals surface area contributed by atoms with Crippen molar-refractivity contribution in [3.63, 3.8) is 0 Å². The van der Waals surface area contributed by atoms with Gasteiger partial charge in [-0.25, -0.2) is 15.0 Å². The SMILES string of the molecule is CCCCc1nc(CCCN)nc(SCc2ccc(Cl)cc2)n1. The Kier molecular flexibility index (Phi) is 7.79. The largest absolute Gasteiger partial charge is 0.330 e. The third kappa shape index (κ3) is 6.45. The molecule has 0 fully saturated rings. The number of hydrogen-bond donors (Lipinski definition) is 1. The van der Waals surface area contributed by atoms with E-state index in [-0.39, 0.29) is 0 Å². The van der Waals surface area contributed by atoms with Crippen LogP contribution < -0.4 is 5.73 Å². The Hall–Kier alpha value is -1.17. The maximum absolute atomic E-state index is 5.92. The maximum atomic E-state index is 5.92. The highest BCUT2D eigenvalue weighted by molar-refractivity contribution is 7.98. The van der Waals surface area contributed by atoms with Crippen molar-refractivity contribution in [3.05, 3.63) is 46.5 Å². The van der Waals surface area contributed by atoms with E-state index >= 15 is 0 Å². The van der Waals surface area contributed by atoms with Crippen molar-refractivity contribution >= 4 is 23.4 Å². The molecule has 0 aliphatic heterocycles. The second-order valence-corrected chi connectivity index (χ2v) is 6.74. The number of hydrogen-bond acceptors (Lipinski definition) is 5. The lowest BCUT2D eigenvalue weighted by molar-refractivity contribution is 0.678. The summed E-state index contributed by atoms with van der Waals surface area (Å²) in [6, 6.07) is 7.88. The minimum atomic E-state index is 0.656. The minimum absolute atomic E-state index is 0.656. The number of nitrogens with zero attached hydrogens (tertiary/aromatic N) is 3. The van der Waals surface area contributed by atoms with Crippen LogP contribution in [-0.2, 0) is 18.6 Å². The van der Waals surface area contributed by atoms with Crippen LogP contribution in [0.1, 0.15) is 43.4 Å². The fraction of sp³-hybridized carbons (Fsp3) is 0.471. The monoisotopic (exact) mass is 350 g/mol. The van der Waals surface area contributed by atoms with E-state index in [1.807, 2.05) is 24.3 Å². The number of aryl methyl sites for hydroxylation is 2. The molecule has 124 valence electrons. The number of aromatic nitrogens is 3. The van der Waals surface area contributed by atoms with E-state index in [2.05, 4.69) is 21.9 Å². The summed E-state index contributed by atoms with van der Waals surface area (Å²) in [6.45, 7) is 2.83. The summed E-state index contributed by atoms with van der Waals surface area (Å²) in [4.78, 5) is 13.7. The molecule has 0 bridgehead atoms. The number of nitrogens with two attached hydrogens (primary N) is 1. The van der Waals surface area contributed by atoms with Gasteiger partial charge in [-0.3, -0.25) is 0 Å². The van der Waals surface area contributed by atoms with Gasteiger partial charge in [0.2, 0.25) is 0 Å². The van der Waals surface area contributed by atoms with Crippen LogP contribution in [0, 0.1) is 0 Å². The molecule has 1 aromatic heterocycles. The van der Waals surface area contributed by atoms with E-state index < -0.39 is 0 Å². The molecule has 1 heterocycles. The Labute approximate surface area is 147 Å². The van der Waals surface area contributed by atoms with Crippen LogP contribution in [0.3, 0.4) is 0 Å². The molecule has 0 radical (unpaired) electrons. The van der Waals surface area contributed by atoms with Crippen molar-refractivity contribution in [2.75, 3.05) is 6.54 Å². The standard InChI is InChI=1S/C17H23ClN4S/c1-2-3-5-15-20-16(6-4-11-19)22-17(21-15)23-12-13-7-9-14(18)10-8-13/h7-10H,2-6,11-12,19H2,1H3. The lowest BCUT2D eigenvalue weighted by atomic mass is 10.2. The highest BCUT2D eigenvalue weighted by atomic mass is 35.5. The van der Waals surface area contributed by atoms with Crippen LogP contribution in [-0.4, -0.2) is 21.5 Å². The van der Waals surface area contributed by atoms with Crippen molar-refractivity contribution in [1.29, 1.82) is 0 Å². The highest BCUT2D eigenvalue weighted by Gasteiger charge is 2.07. The molecule has 2 N–H and O–H groups in total. The van der Waals surface area contributed by atoms with Gasteiger partial charge in [0, 0.05) is 23.6 Å². The Morgan fingerprint density at radius 3 is 2.26 bits per heavy atom. The molecule has 0 atom stereocenters. The van der Waals surface area contributed by atoms with Crippen LogP contribution in [0.5, 0.6) is 0 Å². The van der Waals surface area contributed by atoms with Gasteiger partial charge in [0.25, 0.3) is 0 Å². The average Bonchev–Trinajstić information content (AvgIpc) is 2.57. The third-order valence-electron chi connectivity index (χ3n) is 3.35. The number of rotatable bonds is 9. The van der Waals surface area contributed by atoms with Gasteiger partial charge in [0.1, 0.15) is 11.6 Å². The topological polar surface area (TPSA) is 64.7 Å². The van der Waals surface area contributed by atoms with E-state index in [1.165, 1.54) is 5.56 Å². The second-order valence-electron chi connectivity index (χ2n) is 5.36. The number of thioether (sulfide) groups is 1. The molecule has 0 aliphatic rings. The van der Waals surface area contributed by atoms with E-state index in [0.717, 1.165) is 59.7 Å². The van der Waals surface area contributed by atoms with E-state index in [0.29, 0.717) is 6.54 Å². The predicted molar refractivity (Wildman–Crippen MR) is 96.8 cm³/mol. The third-order valence-corrected chi connectivity index (χ3v) is 4.52. The fourth-order valence-corrected chi connectivity index (χ4v) is 3.01. The summed E-state index contributed by atoms with van der Waals surface area (Å²) >= 11 is 7.56. The summed E-state index contributed by atoms with van der Waals surface area (Å²) in [7, 11) is 0. The number of benzene rings is 1. The molecule has 0 aliphatic carbocycles. The lowest BCUT2D eigenvalue weighted by Crippen LogP contribution is -2.08. The van der Waals surface area contributed by atoms with E-state index in [9.17, 15) is 0 Å². The Balaban J connectivity index is 2.06. The van der Waals surface area contributed by atoms with Crippen molar-refractivity contribution in [3.8, 4) is 0 Å². The van der Waals surface area contributed by atoms with Crippen molar-refractivity contribution < 1.29 is 0 Å². The first-order chi connectivity index (χ1) is 11.2. The van der Waals surface area contributed by atoms with Gasteiger partial charge in [-0.15, -0.1) is 0 Å². The molecule has 6 heteroatoms. The van der Waals surface area contributed by atoms with Crippen LogP contribution in [0.2, 0.25) is 5.02 Å². The quantitative estimate of drug-likeness (QED) is 0.691. The van der Waals surface area contributed by atoms with Gasteiger partial charge in [0.05, 0.1) is 0 Å². The number of halogens is 1. The van der Waals surface area contributed by atoms with Crippen molar-refractivity contribution in [1.82, 2.24) is 15.0 Å². The molecular weight excluding hydrogens is 328 g/mol. The van der Waals surface area contributed by atoms with Gasteiger partial charge < -0.3 is 5.73 Å². The second kappa shape index (κ2) is 9.85. The Bertz CT molecular complexity index is 578.